The summed E-state index contributed by atoms with van der Waals surface area (Å²) in [5.74, 6) is 0.726. The largest absolute Gasteiger partial charge is 0.379 e. The minimum Gasteiger partial charge on any atom is -0.379 e. The van der Waals surface area contributed by atoms with Crippen LogP contribution in [0, 0.1) is 5.92 Å². The van der Waals surface area contributed by atoms with Gasteiger partial charge in [-0.05, 0) is 32.1 Å². The average Bonchev–Trinajstić information content (AvgIpc) is 2.98. The summed E-state index contributed by atoms with van der Waals surface area (Å²) in [5.41, 5.74) is 5.28. The van der Waals surface area contributed by atoms with Crippen molar-refractivity contribution in [2.45, 2.75) is 37.8 Å². The van der Waals surface area contributed by atoms with Gasteiger partial charge in [-0.1, -0.05) is 0 Å². The summed E-state index contributed by atoms with van der Waals surface area (Å²) in [4.78, 5) is 14.0. The van der Waals surface area contributed by atoms with Gasteiger partial charge in [0.15, 0.2) is 0 Å². The molecule has 2 rings (SSSR count). The number of hydrogen-bond donors (Lipinski definition) is 1. The van der Waals surface area contributed by atoms with Crippen LogP contribution in [0.25, 0.3) is 0 Å². The molecule has 15 heavy (non-hydrogen) atoms. The van der Waals surface area contributed by atoms with Gasteiger partial charge in [0, 0.05) is 19.7 Å². The van der Waals surface area contributed by atoms with E-state index in [4.69, 9.17) is 10.5 Å². The molecule has 0 spiro atoms. The van der Waals surface area contributed by atoms with Crippen LogP contribution in [0.4, 0.5) is 0 Å². The molecule has 86 valence electrons. The molecule has 2 fully saturated rings. The molecule has 2 N–H and O–H groups in total. The number of likely N-dealkylation sites (N-methyl/N-ethyl adjacent to an activating group) is 1. The molecular formula is C11H20N2O2. The maximum absolute atomic E-state index is 12.2. The second-order valence-corrected chi connectivity index (χ2v) is 4.95. The van der Waals surface area contributed by atoms with E-state index in [9.17, 15) is 4.79 Å². The minimum atomic E-state index is -0.766. The Labute approximate surface area is 90.8 Å². The second-order valence-electron chi connectivity index (χ2n) is 4.95. The first kappa shape index (κ1) is 10.9. The molecule has 0 aromatic rings. The van der Waals surface area contributed by atoms with E-state index in [1.807, 2.05) is 11.9 Å². The van der Waals surface area contributed by atoms with E-state index in [2.05, 4.69) is 6.92 Å². The van der Waals surface area contributed by atoms with Crippen LogP contribution >= 0.6 is 0 Å². The first-order valence-electron chi connectivity index (χ1n) is 5.68. The normalized spacial score (nSPS) is 32.7. The van der Waals surface area contributed by atoms with Crippen LogP contribution in [0.1, 0.15) is 26.2 Å². The third-order valence-corrected chi connectivity index (χ3v) is 3.71. The van der Waals surface area contributed by atoms with E-state index >= 15 is 0 Å². The summed E-state index contributed by atoms with van der Waals surface area (Å²) in [5, 5.41) is 0. The molecule has 4 heteroatoms. The van der Waals surface area contributed by atoms with Gasteiger partial charge in [-0.2, -0.15) is 0 Å². The molecule has 1 aliphatic heterocycles. The lowest BCUT2D eigenvalue weighted by Crippen LogP contribution is -2.57. The number of amides is 1. The van der Waals surface area contributed by atoms with Gasteiger partial charge in [0.1, 0.15) is 5.54 Å². The number of ether oxygens (including phenoxy) is 1. The minimum absolute atomic E-state index is 0.0411. The number of nitrogens with two attached hydrogens (primary N) is 1. The van der Waals surface area contributed by atoms with Gasteiger partial charge in [-0.3, -0.25) is 4.79 Å². The number of carbonyl (C=O) groups excluding carboxylic acids is 1. The molecule has 0 aromatic carbocycles. The zero-order chi connectivity index (χ0) is 11.1. The first-order chi connectivity index (χ1) is 7.04. The van der Waals surface area contributed by atoms with Gasteiger partial charge in [-0.25, -0.2) is 0 Å². The van der Waals surface area contributed by atoms with Gasteiger partial charge >= 0.3 is 0 Å². The Morgan fingerprint density at radius 3 is 2.73 bits per heavy atom. The highest BCUT2D eigenvalue weighted by Crippen LogP contribution is 2.35. The van der Waals surface area contributed by atoms with Gasteiger partial charge in [0.2, 0.25) is 5.91 Å². The quantitative estimate of drug-likeness (QED) is 0.735. The Kier molecular flexibility index (Phi) is 2.73. The van der Waals surface area contributed by atoms with Gasteiger partial charge in [0.05, 0.1) is 6.61 Å². The summed E-state index contributed by atoms with van der Waals surface area (Å²) in [7, 11) is 1.86. The van der Waals surface area contributed by atoms with Crippen molar-refractivity contribution >= 4 is 5.91 Å². The zero-order valence-corrected chi connectivity index (χ0v) is 9.53. The second kappa shape index (κ2) is 3.76. The summed E-state index contributed by atoms with van der Waals surface area (Å²) >= 11 is 0. The number of nitrogens with zero attached hydrogens (tertiary/aromatic N) is 1. The molecule has 2 aliphatic rings. The van der Waals surface area contributed by atoms with Crippen molar-refractivity contribution in [1.29, 1.82) is 0 Å². The molecule has 0 radical (unpaired) electrons. The zero-order valence-electron chi connectivity index (χ0n) is 9.53. The van der Waals surface area contributed by atoms with E-state index in [-0.39, 0.29) is 5.91 Å². The molecule has 1 saturated heterocycles. The summed E-state index contributed by atoms with van der Waals surface area (Å²) < 4.78 is 5.21. The molecule has 2 unspecified atom stereocenters. The smallest absolute Gasteiger partial charge is 0.245 e. The Bertz CT molecular complexity index is 257. The van der Waals surface area contributed by atoms with Crippen molar-refractivity contribution in [1.82, 2.24) is 4.90 Å². The van der Waals surface area contributed by atoms with Crippen molar-refractivity contribution in [2.24, 2.45) is 11.7 Å². The summed E-state index contributed by atoms with van der Waals surface area (Å²) in [6.07, 6.45) is 3.13. The molecule has 1 saturated carbocycles. The number of rotatable bonds is 3. The fraction of sp³-hybridized carbons (Fsp3) is 0.909. The topological polar surface area (TPSA) is 55.6 Å². The molecule has 0 bridgehead atoms. The Morgan fingerprint density at radius 1 is 1.60 bits per heavy atom. The fourth-order valence-corrected chi connectivity index (χ4v) is 2.18. The van der Waals surface area contributed by atoms with Gasteiger partial charge < -0.3 is 15.4 Å². The molecule has 0 aromatic heterocycles. The molecule has 1 amide bonds. The van der Waals surface area contributed by atoms with Crippen LogP contribution < -0.4 is 5.73 Å². The maximum atomic E-state index is 12.2. The first-order valence-corrected chi connectivity index (χ1v) is 5.68. The number of hydrogen-bond acceptors (Lipinski definition) is 3. The van der Waals surface area contributed by atoms with E-state index in [0.717, 1.165) is 0 Å². The average molecular weight is 212 g/mol. The maximum Gasteiger partial charge on any atom is 0.245 e. The van der Waals surface area contributed by atoms with Crippen LogP contribution in [-0.2, 0) is 9.53 Å². The molecule has 4 nitrogen and oxygen atoms in total. The predicted molar refractivity (Wildman–Crippen MR) is 57.3 cm³/mol. The highest BCUT2D eigenvalue weighted by Gasteiger charge is 2.43. The van der Waals surface area contributed by atoms with Crippen molar-refractivity contribution in [3.8, 4) is 0 Å². The Morgan fingerprint density at radius 2 is 2.27 bits per heavy atom. The lowest BCUT2D eigenvalue weighted by molar-refractivity contribution is -0.137. The Balaban J connectivity index is 1.99. The third-order valence-electron chi connectivity index (χ3n) is 3.71. The molecule has 1 heterocycles. The molecule has 2 atom stereocenters. The highest BCUT2D eigenvalue weighted by molar-refractivity contribution is 5.86. The monoisotopic (exact) mass is 212 g/mol. The van der Waals surface area contributed by atoms with E-state index in [1.165, 1.54) is 12.8 Å². The van der Waals surface area contributed by atoms with Gasteiger partial charge in [0.25, 0.3) is 0 Å². The summed E-state index contributed by atoms with van der Waals surface area (Å²) in [6, 6.07) is 0.318. The number of carbonyl (C=O) groups is 1. The lowest BCUT2D eigenvalue weighted by atomic mass is 9.97. The van der Waals surface area contributed by atoms with Crippen LogP contribution in [-0.4, -0.2) is 42.6 Å². The SMILES string of the molecule is CC(C1CC1)N(C)C(=O)C1(N)CCOC1. The van der Waals surface area contributed by atoms with E-state index in [0.29, 0.717) is 31.6 Å². The van der Waals surface area contributed by atoms with Crippen molar-refractivity contribution in [2.75, 3.05) is 20.3 Å². The fourth-order valence-electron chi connectivity index (χ4n) is 2.18. The molecular weight excluding hydrogens is 192 g/mol. The van der Waals surface area contributed by atoms with Crippen molar-refractivity contribution in [3.05, 3.63) is 0 Å². The standard InChI is InChI=1S/C11H20N2O2/c1-8(9-3-4-9)13(2)10(14)11(12)5-6-15-7-11/h8-9H,3-7,12H2,1-2H3. The van der Waals surface area contributed by atoms with Crippen LogP contribution in [0.15, 0.2) is 0 Å². The van der Waals surface area contributed by atoms with Crippen LogP contribution in [0.5, 0.6) is 0 Å². The molecule has 1 aliphatic carbocycles. The Hall–Kier alpha value is -0.610. The lowest BCUT2D eigenvalue weighted by Gasteiger charge is -2.32. The third kappa shape index (κ3) is 2.01. The predicted octanol–water partition coefficient (Wildman–Crippen LogP) is 0.361. The van der Waals surface area contributed by atoms with Crippen LogP contribution in [0.2, 0.25) is 0 Å². The summed E-state index contributed by atoms with van der Waals surface area (Å²) in [6.45, 7) is 3.08. The van der Waals surface area contributed by atoms with Crippen LogP contribution in [0.3, 0.4) is 0 Å². The highest BCUT2D eigenvalue weighted by atomic mass is 16.5. The van der Waals surface area contributed by atoms with E-state index < -0.39 is 5.54 Å². The van der Waals surface area contributed by atoms with Gasteiger partial charge in [-0.15, -0.1) is 0 Å². The van der Waals surface area contributed by atoms with Crippen molar-refractivity contribution in [3.63, 3.8) is 0 Å². The van der Waals surface area contributed by atoms with Crippen molar-refractivity contribution < 1.29 is 9.53 Å². The van der Waals surface area contributed by atoms with E-state index in [1.54, 1.807) is 0 Å².